The summed E-state index contributed by atoms with van der Waals surface area (Å²) in [6.45, 7) is 0. The van der Waals surface area contributed by atoms with E-state index in [4.69, 9.17) is 23.8 Å². The van der Waals surface area contributed by atoms with Crippen molar-refractivity contribution in [1.29, 1.82) is 0 Å². The summed E-state index contributed by atoms with van der Waals surface area (Å²) in [7, 11) is 0. The van der Waals surface area contributed by atoms with E-state index in [1.165, 1.54) is 21.5 Å². The second-order valence-electron chi connectivity index (χ2n) is 15.1. The van der Waals surface area contributed by atoms with Crippen molar-refractivity contribution in [2.75, 3.05) is 0 Å². The summed E-state index contributed by atoms with van der Waals surface area (Å²) in [5, 5.41) is 11.1. The summed E-state index contributed by atoms with van der Waals surface area (Å²) in [6.07, 6.45) is 0. The van der Waals surface area contributed by atoms with Crippen LogP contribution in [0, 0.1) is 0 Å². The molecule has 0 atom stereocenters. The third-order valence-electron chi connectivity index (χ3n) is 11.8. The van der Waals surface area contributed by atoms with E-state index in [2.05, 4.69) is 120 Å². The Balaban J connectivity index is 1.08. The van der Waals surface area contributed by atoms with Gasteiger partial charge in [0, 0.05) is 48.7 Å². The lowest BCUT2D eigenvalue weighted by molar-refractivity contribution is 0.669. The van der Waals surface area contributed by atoms with E-state index < -0.39 is 0 Å². The van der Waals surface area contributed by atoms with E-state index in [1.807, 2.05) is 66.7 Å². The number of aromatic nitrogens is 4. The van der Waals surface area contributed by atoms with Crippen molar-refractivity contribution in [2.24, 2.45) is 0 Å². The number of benzene rings is 9. The molecule has 0 spiro atoms. The molecule has 0 aliphatic heterocycles. The second kappa shape index (κ2) is 12.2. The first kappa shape index (κ1) is 32.0. The highest BCUT2D eigenvalue weighted by atomic mass is 16.3. The molecule has 6 heteroatoms. The molecule has 4 aromatic heterocycles. The fourth-order valence-electron chi connectivity index (χ4n) is 9.13. The second-order valence-corrected chi connectivity index (χ2v) is 15.1. The van der Waals surface area contributed by atoms with Crippen molar-refractivity contribution in [3.8, 4) is 39.9 Å². The van der Waals surface area contributed by atoms with Crippen LogP contribution < -0.4 is 0 Å². The third kappa shape index (κ3) is 4.71. The number of nitrogens with zero attached hydrogens (tertiary/aromatic N) is 4. The fraction of sp³-hybridized carbons (Fsp3) is 0. The van der Waals surface area contributed by atoms with Crippen molar-refractivity contribution in [3.63, 3.8) is 0 Å². The van der Waals surface area contributed by atoms with Gasteiger partial charge >= 0.3 is 0 Å². The van der Waals surface area contributed by atoms with Crippen molar-refractivity contribution in [3.05, 3.63) is 182 Å². The van der Waals surface area contributed by atoms with E-state index in [1.54, 1.807) is 0 Å². The van der Waals surface area contributed by atoms with Crippen molar-refractivity contribution >= 4 is 87.2 Å². The predicted molar refractivity (Wildman–Crippen MR) is 240 cm³/mol. The molecular formula is C53H30N4O2. The van der Waals surface area contributed by atoms with Crippen molar-refractivity contribution in [1.82, 2.24) is 19.5 Å². The largest absolute Gasteiger partial charge is 0.455 e. The van der Waals surface area contributed by atoms with E-state index in [-0.39, 0.29) is 0 Å². The lowest BCUT2D eigenvalue weighted by atomic mass is 10.0. The van der Waals surface area contributed by atoms with Gasteiger partial charge < -0.3 is 13.4 Å². The van der Waals surface area contributed by atoms with Crippen LogP contribution in [0.1, 0.15) is 0 Å². The summed E-state index contributed by atoms with van der Waals surface area (Å²) in [5.74, 6) is 1.61. The molecule has 59 heavy (non-hydrogen) atoms. The van der Waals surface area contributed by atoms with Crippen LogP contribution in [0.25, 0.3) is 127 Å². The van der Waals surface area contributed by atoms with Gasteiger partial charge in [-0.3, -0.25) is 0 Å². The SMILES string of the molecule is c1ccc(-c2nc(-c3cccc4c3oc3ccccc34)nc(-c3cccc4c3oc3c5ccccc5c(-n5c6ccccc6c6cc7ccccc7cc65)cc43)n2)cc1. The quantitative estimate of drug-likeness (QED) is 0.179. The maximum Gasteiger partial charge on any atom is 0.167 e. The normalized spacial score (nSPS) is 12.1. The Morgan fingerprint density at radius 2 is 0.898 bits per heavy atom. The van der Waals surface area contributed by atoms with Gasteiger partial charge in [-0.2, -0.15) is 0 Å². The molecule has 0 unspecified atom stereocenters. The topological polar surface area (TPSA) is 69.9 Å². The Morgan fingerprint density at radius 3 is 1.68 bits per heavy atom. The van der Waals surface area contributed by atoms with Crippen molar-refractivity contribution in [2.45, 2.75) is 0 Å². The van der Waals surface area contributed by atoms with Crippen molar-refractivity contribution < 1.29 is 8.83 Å². The lowest BCUT2D eigenvalue weighted by Crippen LogP contribution is -2.00. The number of rotatable bonds is 4. The van der Waals surface area contributed by atoms with E-state index in [0.717, 1.165) is 88.1 Å². The molecule has 0 N–H and O–H groups in total. The first-order valence-corrected chi connectivity index (χ1v) is 19.8. The first-order chi connectivity index (χ1) is 29.2. The zero-order valence-corrected chi connectivity index (χ0v) is 31.4. The van der Waals surface area contributed by atoms with Crippen LogP contribution in [-0.2, 0) is 0 Å². The maximum absolute atomic E-state index is 7.03. The summed E-state index contributed by atoms with van der Waals surface area (Å²) in [6, 6.07) is 63.3. The molecule has 0 saturated carbocycles. The van der Waals surface area contributed by atoms with E-state index >= 15 is 0 Å². The van der Waals surface area contributed by atoms with Gasteiger partial charge in [-0.25, -0.2) is 15.0 Å². The number of furan rings is 2. The molecule has 0 aliphatic rings. The van der Waals surface area contributed by atoms with E-state index in [0.29, 0.717) is 17.5 Å². The van der Waals surface area contributed by atoms with Crippen LogP contribution in [0.3, 0.4) is 0 Å². The Kier molecular flexibility index (Phi) is 6.63. The van der Waals surface area contributed by atoms with Gasteiger partial charge in [-0.05, 0) is 53.2 Å². The van der Waals surface area contributed by atoms with Gasteiger partial charge in [-0.15, -0.1) is 0 Å². The Hall–Kier alpha value is -8.09. The number of hydrogen-bond donors (Lipinski definition) is 0. The number of para-hydroxylation sites is 4. The van der Waals surface area contributed by atoms with Gasteiger partial charge in [0.15, 0.2) is 17.5 Å². The number of fused-ring (bicyclic) bond motifs is 12. The molecular weight excluding hydrogens is 725 g/mol. The first-order valence-electron chi connectivity index (χ1n) is 19.8. The predicted octanol–water partition coefficient (Wildman–Crippen LogP) is 14.1. The molecule has 6 nitrogen and oxygen atoms in total. The van der Waals surface area contributed by atoms with Gasteiger partial charge in [-0.1, -0.05) is 140 Å². The minimum Gasteiger partial charge on any atom is -0.455 e. The molecule has 0 fully saturated rings. The zero-order chi connectivity index (χ0) is 38.6. The monoisotopic (exact) mass is 754 g/mol. The van der Waals surface area contributed by atoms with Crippen LogP contribution in [0.15, 0.2) is 191 Å². The molecule has 0 bridgehead atoms. The molecule has 0 amide bonds. The van der Waals surface area contributed by atoms with Crippen LogP contribution >= 0.6 is 0 Å². The fourth-order valence-corrected chi connectivity index (χ4v) is 9.13. The highest BCUT2D eigenvalue weighted by Crippen LogP contribution is 2.44. The third-order valence-corrected chi connectivity index (χ3v) is 11.8. The highest BCUT2D eigenvalue weighted by molar-refractivity contribution is 6.21. The number of hydrogen-bond acceptors (Lipinski definition) is 5. The molecule has 9 aromatic carbocycles. The average molecular weight is 755 g/mol. The molecule has 0 aliphatic carbocycles. The molecule has 13 rings (SSSR count). The zero-order valence-electron chi connectivity index (χ0n) is 31.4. The Morgan fingerprint density at radius 1 is 0.339 bits per heavy atom. The molecule has 0 radical (unpaired) electrons. The molecule has 13 aromatic rings. The van der Waals surface area contributed by atoms with Crippen LogP contribution in [-0.4, -0.2) is 19.5 Å². The molecule has 0 saturated heterocycles. The smallest absolute Gasteiger partial charge is 0.167 e. The van der Waals surface area contributed by atoms with Gasteiger partial charge in [0.05, 0.1) is 27.8 Å². The minimum absolute atomic E-state index is 0.519. The Labute approximate surface area is 336 Å². The molecule has 4 heterocycles. The minimum atomic E-state index is 0.519. The summed E-state index contributed by atoms with van der Waals surface area (Å²) < 4.78 is 15.9. The van der Waals surface area contributed by atoms with Crippen LogP contribution in [0.4, 0.5) is 0 Å². The Bertz CT molecular complexity index is 3860. The summed E-state index contributed by atoms with van der Waals surface area (Å²) >= 11 is 0. The van der Waals surface area contributed by atoms with Crippen LogP contribution in [0.5, 0.6) is 0 Å². The lowest BCUT2D eigenvalue weighted by Gasteiger charge is -2.13. The molecule has 274 valence electrons. The standard InChI is InChI=1S/C53H30N4O2/c1-2-14-31(15-3-1)51-54-52(40-24-12-22-38-36-20-9-11-27-47(36)58-48(38)40)56-53(55-51)41-25-13-23-39-43-30-46(34-18-6-7-21-37(34)50(43)59-49(39)41)57-44-26-10-8-19-35(44)42-28-32-16-4-5-17-33(32)29-45(42)57/h1-30H. The van der Waals surface area contributed by atoms with Gasteiger partial charge in [0.25, 0.3) is 0 Å². The van der Waals surface area contributed by atoms with Gasteiger partial charge in [0.2, 0.25) is 0 Å². The van der Waals surface area contributed by atoms with Crippen LogP contribution in [0.2, 0.25) is 0 Å². The summed E-state index contributed by atoms with van der Waals surface area (Å²) in [5.41, 5.74) is 8.98. The van der Waals surface area contributed by atoms with Gasteiger partial charge in [0.1, 0.15) is 22.3 Å². The summed E-state index contributed by atoms with van der Waals surface area (Å²) in [4.78, 5) is 15.4. The van der Waals surface area contributed by atoms with E-state index in [9.17, 15) is 0 Å². The average Bonchev–Trinajstić information content (AvgIpc) is 3.98. The maximum atomic E-state index is 7.03. The highest BCUT2D eigenvalue weighted by Gasteiger charge is 2.23.